The number of ether oxygens (including phenoxy) is 2. The van der Waals surface area contributed by atoms with Crippen LogP contribution in [0.3, 0.4) is 0 Å². The molecule has 9 nitrogen and oxygen atoms in total. The standard InChI is InChI=1S/C19H25N5O4/c1-12(2)28-16-7-6-13(18(25)27-3)9-15(16)22-19(26)24-8-4-5-14(10-24)17-20-11-21-23-17/h6-7,9,11-12,14H,4-5,8,10H2,1-3H3,(H,22,26)(H,20,21,23)/t14-/m1/s1. The van der Waals surface area contributed by atoms with Gasteiger partial charge >= 0.3 is 12.0 Å². The first-order valence-electron chi connectivity index (χ1n) is 9.28. The van der Waals surface area contributed by atoms with Crippen LogP contribution in [0.15, 0.2) is 24.5 Å². The van der Waals surface area contributed by atoms with Crippen molar-refractivity contribution < 1.29 is 19.1 Å². The van der Waals surface area contributed by atoms with Gasteiger partial charge in [-0.25, -0.2) is 14.6 Å². The molecule has 150 valence electrons. The lowest BCUT2D eigenvalue weighted by atomic mass is 9.98. The zero-order valence-corrected chi connectivity index (χ0v) is 16.3. The lowest BCUT2D eigenvalue weighted by Crippen LogP contribution is -2.42. The van der Waals surface area contributed by atoms with Gasteiger partial charge in [0.25, 0.3) is 0 Å². The number of nitrogens with one attached hydrogen (secondary N) is 2. The number of likely N-dealkylation sites (tertiary alicyclic amines) is 1. The van der Waals surface area contributed by atoms with E-state index in [1.807, 2.05) is 13.8 Å². The van der Waals surface area contributed by atoms with E-state index in [0.717, 1.165) is 18.7 Å². The zero-order valence-electron chi connectivity index (χ0n) is 16.3. The Morgan fingerprint density at radius 1 is 1.36 bits per heavy atom. The second-order valence-corrected chi connectivity index (χ2v) is 6.96. The predicted molar refractivity (Wildman–Crippen MR) is 102 cm³/mol. The Morgan fingerprint density at radius 2 is 2.18 bits per heavy atom. The average Bonchev–Trinajstić information content (AvgIpc) is 3.23. The van der Waals surface area contributed by atoms with Gasteiger partial charge < -0.3 is 19.7 Å². The summed E-state index contributed by atoms with van der Waals surface area (Å²) in [6.45, 7) is 4.98. The highest BCUT2D eigenvalue weighted by atomic mass is 16.5. The Morgan fingerprint density at radius 3 is 2.86 bits per heavy atom. The molecule has 1 aliphatic rings. The van der Waals surface area contributed by atoms with Crippen LogP contribution in [0.1, 0.15) is 48.8 Å². The molecule has 0 saturated carbocycles. The van der Waals surface area contributed by atoms with Gasteiger partial charge in [-0.2, -0.15) is 5.10 Å². The van der Waals surface area contributed by atoms with Crippen LogP contribution >= 0.6 is 0 Å². The number of methoxy groups -OCH3 is 1. The van der Waals surface area contributed by atoms with Crippen molar-refractivity contribution in [3.8, 4) is 5.75 Å². The molecule has 1 aromatic heterocycles. The maximum Gasteiger partial charge on any atom is 0.337 e. The molecule has 2 aromatic rings. The van der Waals surface area contributed by atoms with Crippen LogP contribution in [0.2, 0.25) is 0 Å². The molecule has 0 unspecified atom stereocenters. The molecule has 28 heavy (non-hydrogen) atoms. The summed E-state index contributed by atoms with van der Waals surface area (Å²) in [6.07, 6.45) is 3.21. The molecule has 0 spiro atoms. The number of urea groups is 1. The smallest absolute Gasteiger partial charge is 0.337 e. The predicted octanol–water partition coefficient (Wildman–Crippen LogP) is 2.79. The van der Waals surface area contributed by atoms with Crippen LogP contribution < -0.4 is 10.1 Å². The van der Waals surface area contributed by atoms with E-state index in [0.29, 0.717) is 30.1 Å². The largest absolute Gasteiger partial charge is 0.489 e. The normalized spacial score (nSPS) is 16.7. The first-order chi connectivity index (χ1) is 13.5. The summed E-state index contributed by atoms with van der Waals surface area (Å²) in [4.78, 5) is 30.7. The minimum Gasteiger partial charge on any atom is -0.489 e. The molecular formula is C19H25N5O4. The van der Waals surface area contributed by atoms with Gasteiger partial charge in [-0.05, 0) is 44.9 Å². The number of esters is 1. The third kappa shape index (κ3) is 4.59. The molecule has 1 aliphatic heterocycles. The number of H-pyrrole nitrogens is 1. The van der Waals surface area contributed by atoms with Crippen LogP contribution in [0.4, 0.5) is 10.5 Å². The van der Waals surface area contributed by atoms with Gasteiger partial charge in [0.15, 0.2) is 0 Å². The fourth-order valence-electron chi connectivity index (χ4n) is 3.22. The molecule has 1 saturated heterocycles. The molecule has 3 rings (SSSR count). The topological polar surface area (TPSA) is 109 Å². The molecule has 1 atom stereocenters. The van der Waals surface area contributed by atoms with Gasteiger partial charge in [0.2, 0.25) is 0 Å². The van der Waals surface area contributed by atoms with Crippen molar-refractivity contribution in [3.05, 3.63) is 35.9 Å². The van der Waals surface area contributed by atoms with E-state index in [1.54, 1.807) is 23.1 Å². The number of rotatable bonds is 5. The van der Waals surface area contributed by atoms with Crippen LogP contribution in [0, 0.1) is 0 Å². The van der Waals surface area contributed by atoms with E-state index in [4.69, 9.17) is 9.47 Å². The van der Waals surface area contributed by atoms with Gasteiger partial charge in [0.05, 0.1) is 24.5 Å². The highest BCUT2D eigenvalue weighted by Crippen LogP contribution is 2.29. The van der Waals surface area contributed by atoms with Crippen LogP contribution in [0.5, 0.6) is 5.75 Å². The lowest BCUT2D eigenvalue weighted by Gasteiger charge is -2.32. The van der Waals surface area contributed by atoms with Gasteiger partial charge in [0.1, 0.15) is 17.9 Å². The number of amides is 2. The maximum atomic E-state index is 12.9. The van der Waals surface area contributed by atoms with Gasteiger partial charge in [0, 0.05) is 19.0 Å². The van der Waals surface area contributed by atoms with Gasteiger partial charge in [-0.3, -0.25) is 5.10 Å². The van der Waals surface area contributed by atoms with Crippen LogP contribution in [-0.2, 0) is 4.74 Å². The molecule has 0 aliphatic carbocycles. The number of carbonyl (C=O) groups is 2. The maximum absolute atomic E-state index is 12.9. The average molecular weight is 387 g/mol. The summed E-state index contributed by atoms with van der Waals surface area (Å²) in [6, 6.07) is 4.59. The molecule has 1 fully saturated rings. The summed E-state index contributed by atoms with van der Waals surface area (Å²) < 4.78 is 10.5. The summed E-state index contributed by atoms with van der Waals surface area (Å²) in [7, 11) is 1.32. The minimum atomic E-state index is -0.477. The van der Waals surface area contributed by atoms with Crippen molar-refractivity contribution in [2.24, 2.45) is 0 Å². The molecule has 1 aromatic carbocycles. The number of anilines is 1. The summed E-state index contributed by atoms with van der Waals surface area (Å²) in [5.41, 5.74) is 0.774. The summed E-state index contributed by atoms with van der Waals surface area (Å²) in [5, 5.41) is 9.65. The van der Waals surface area contributed by atoms with E-state index < -0.39 is 5.97 Å². The summed E-state index contributed by atoms with van der Waals surface area (Å²) in [5.74, 6) is 0.929. The van der Waals surface area contributed by atoms with Crippen LogP contribution in [-0.4, -0.2) is 58.4 Å². The van der Waals surface area contributed by atoms with Crippen molar-refractivity contribution in [2.75, 3.05) is 25.5 Å². The molecule has 2 amide bonds. The highest BCUT2D eigenvalue weighted by Gasteiger charge is 2.27. The fourth-order valence-corrected chi connectivity index (χ4v) is 3.22. The van der Waals surface area contributed by atoms with Crippen molar-refractivity contribution in [1.29, 1.82) is 0 Å². The number of aromatic amines is 1. The third-order valence-corrected chi connectivity index (χ3v) is 4.53. The molecule has 2 heterocycles. The Hall–Kier alpha value is -3.10. The third-order valence-electron chi connectivity index (χ3n) is 4.53. The van der Waals surface area contributed by atoms with Gasteiger partial charge in [-0.1, -0.05) is 0 Å². The number of aromatic nitrogens is 3. The van der Waals surface area contributed by atoms with E-state index in [1.165, 1.54) is 13.4 Å². The van der Waals surface area contributed by atoms with E-state index >= 15 is 0 Å². The minimum absolute atomic E-state index is 0.0783. The second kappa shape index (κ2) is 8.73. The number of carbonyl (C=O) groups excluding carboxylic acids is 2. The Labute approximate surface area is 163 Å². The Balaban J connectivity index is 1.76. The monoisotopic (exact) mass is 387 g/mol. The van der Waals surface area contributed by atoms with E-state index in [9.17, 15) is 9.59 Å². The number of benzene rings is 1. The van der Waals surface area contributed by atoms with Crippen molar-refractivity contribution in [2.45, 2.75) is 38.7 Å². The number of hydrogen-bond acceptors (Lipinski definition) is 6. The number of hydrogen-bond donors (Lipinski definition) is 2. The highest BCUT2D eigenvalue weighted by molar-refractivity contribution is 5.95. The number of piperidine rings is 1. The molecule has 9 heteroatoms. The van der Waals surface area contributed by atoms with Crippen LogP contribution in [0.25, 0.3) is 0 Å². The molecular weight excluding hydrogens is 362 g/mol. The Bertz CT molecular complexity index is 822. The second-order valence-electron chi connectivity index (χ2n) is 6.96. The van der Waals surface area contributed by atoms with E-state index in [2.05, 4.69) is 20.5 Å². The first kappa shape index (κ1) is 19.7. The molecule has 0 radical (unpaired) electrons. The van der Waals surface area contributed by atoms with E-state index in [-0.39, 0.29) is 18.1 Å². The zero-order chi connectivity index (χ0) is 20.1. The van der Waals surface area contributed by atoms with Crippen molar-refractivity contribution >= 4 is 17.7 Å². The van der Waals surface area contributed by atoms with Crippen molar-refractivity contribution in [1.82, 2.24) is 20.1 Å². The summed E-state index contributed by atoms with van der Waals surface area (Å²) >= 11 is 0. The van der Waals surface area contributed by atoms with Gasteiger partial charge in [-0.15, -0.1) is 0 Å². The first-order valence-corrected chi connectivity index (χ1v) is 9.28. The molecule has 2 N–H and O–H groups in total. The quantitative estimate of drug-likeness (QED) is 0.764. The lowest BCUT2D eigenvalue weighted by molar-refractivity contribution is 0.0600. The number of nitrogens with zero attached hydrogens (tertiary/aromatic N) is 3. The molecule has 0 bridgehead atoms. The fraction of sp³-hybridized carbons (Fsp3) is 0.474. The van der Waals surface area contributed by atoms with Crippen molar-refractivity contribution in [3.63, 3.8) is 0 Å². The SMILES string of the molecule is COC(=O)c1ccc(OC(C)C)c(NC(=O)N2CCC[C@@H](c3ncn[nH]3)C2)c1. The Kier molecular flexibility index (Phi) is 6.13.